The quantitative estimate of drug-likeness (QED) is 0.399. The summed E-state index contributed by atoms with van der Waals surface area (Å²) in [6.07, 6.45) is 14.8. The van der Waals surface area contributed by atoms with E-state index in [-0.39, 0.29) is 11.9 Å². The molecule has 0 saturated heterocycles. The average Bonchev–Trinajstić information content (AvgIpc) is 2.67. The Bertz CT molecular complexity index is 717. The van der Waals surface area contributed by atoms with Crippen molar-refractivity contribution in [3.8, 4) is 0 Å². The molecule has 0 saturated carbocycles. The zero-order valence-corrected chi connectivity index (χ0v) is 15.0. The van der Waals surface area contributed by atoms with Gasteiger partial charge in [-0.05, 0) is 48.3 Å². The molecule has 26 heavy (non-hydrogen) atoms. The number of rotatable bonds is 8. The van der Waals surface area contributed by atoms with E-state index in [1.807, 2.05) is 48.6 Å². The highest BCUT2D eigenvalue weighted by molar-refractivity contribution is 5.82. The molecule has 0 N–H and O–H groups in total. The van der Waals surface area contributed by atoms with E-state index in [1.165, 1.54) is 26.4 Å². The fraction of sp³-hybridized carbons (Fsp3) is 0.182. The molecular formula is C22H22O4. The number of allylic oxidation sites excluding steroid dienone is 4. The van der Waals surface area contributed by atoms with E-state index in [0.29, 0.717) is 12.8 Å². The first-order valence-corrected chi connectivity index (χ1v) is 8.07. The van der Waals surface area contributed by atoms with Crippen molar-refractivity contribution in [2.24, 2.45) is 0 Å². The highest BCUT2D eigenvalue weighted by Gasteiger charge is 1.92. The number of benzene rings is 1. The van der Waals surface area contributed by atoms with Crippen LogP contribution in [0, 0.1) is 0 Å². The molecular weight excluding hydrogens is 328 g/mol. The molecule has 0 unspecified atom stereocenters. The van der Waals surface area contributed by atoms with Crippen LogP contribution in [0.4, 0.5) is 0 Å². The number of ether oxygens (including phenoxy) is 2. The van der Waals surface area contributed by atoms with Crippen LogP contribution in [0.5, 0.6) is 0 Å². The van der Waals surface area contributed by atoms with E-state index in [4.69, 9.17) is 0 Å². The van der Waals surface area contributed by atoms with Gasteiger partial charge in [0.05, 0.1) is 14.2 Å². The Balaban J connectivity index is 2.69. The van der Waals surface area contributed by atoms with E-state index in [1.54, 1.807) is 12.2 Å². The van der Waals surface area contributed by atoms with Crippen LogP contribution in [0.2, 0.25) is 0 Å². The summed E-state index contributed by atoms with van der Waals surface area (Å²) in [7, 11) is 2.69. The second kappa shape index (κ2) is 13.0. The van der Waals surface area contributed by atoms with Crippen LogP contribution in [-0.4, -0.2) is 26.2 Å². The number of hydrogen-bond acceptors (Lipinski definition) is 4. The molecule has 0 spiro atoms. The lowest BCUT2D eigenvalue weighted by Crippen LogP contribution is -1.92. The standard InChI is InChI=1S/C22H22O4/c1-25-21(23)17-9-5-3-7-13-19-15-11-12-16-20(19)14-8-4-6-10-18-22(24)26-2/h3-4,9-18H,5-6H2,1-2H3/b17-9+,18-10+. The maximum atomic E-state index is 10.9. The molecule has 1 aromatic rings. The number of esters is 2. The lowest BCUT2D eigenvalue weighted by Gasteiger charge is -1.96. The molecule has 4 nitrogen and oxygen atoms in total. The minimum atomic E-state index is -0.369. The molecule has 0 fully saturated rings. The van der Waals surface area contributed by atoms with E-state index in [9.17, 15) is 9.59 Å². The van der Waals surface area contributed by atoms with E-state index in [0.717, 1.165) is 11.1 Å². The lowest BCUT2D eigenvalue weighted by molar-refractivity contribution is -0.135. The smallest absolute Gasteiger partial charge is 0.330 e. The normalized spacial score (nSPS) is 9.92. The second-order valence-corrected chi connectivity index (χ2v) is 4.98. The Morgan fingerprint density at radius 1 is 0.846 bits per heavy atom. The molecule has 0 atom stereocenters. The fourth-order valence-electron chi connectivity index (χ4n) is 1.81. The van der Waals surface area contributed by atoms with Gasteiger partial charge in [0, 0.05) is 12.2 Å². The predicted octanol–water partition coefficient (Wildman–Crippen LogP) is 4.26. The van der Waals surface area contributed by atoms with Gasteiger partial charge in [-0.15, -0.1) is 11.5 Å². The molecule has 0 aliphatic carbocycles. The lowest BCUT2D eigenvalue weighted by atomic mass is 10.1. The fourth-order valence-corrected chi connectivity index (χ4v) is 1.81. The monoisotopic (exact) mass is 350 g/mol. The zero-order chi connectivity index (χ0) is 19.0. The van der Waals surface area contributed by atoms with Gasteiger partial charge in [0.1, 0.15) is 0 Å². The van der Waals surface area contributed by atoms with Gasteiger partial charge in [-0.3, -0.25) is 0 Å². The van der Waals surface area contributed by atoms with Crippen LogP contribution >= 0.6 is 0 Å². The van der Waals surface area contributed by atoms with E-state index < -0.39 is 0 Å². The minimum Gasteiger partial charge on any atom is -0.466 e. The van der Waals surface area contributed by atoms with Gasteiger partial charge in [0.25, 0.3) is 0 Å². The summed E-state index contributed by atoms with van der Waals surface area (Å²) in [5.41, 5.74) is 8.19. The highest BCUT2D eigenvalue weighted by atomic mass is 16.5. The third kappa shape index (κ3) is 9.09. The largest absolute Gasteiger partial charge is 0.466 e. The maximum absolute atomic E-state index is 10.9. The van der Waals surface area contributed by atoms with Crippen molar-refractivity contribution in [3.63, 3.8) is 0 Å². The van der Waals surface area contributed by atoms with Gasteiger partial charge >= 0.3 is 11.9 Å². The zero-order valence-electron chi connectivity index (χ0n) is 15.0. The Morgan fingerprint density at radius 2 is 1.27 bits per heavy atom. The summed E-state index contributed by atoms with van der Waals surface area (Å²) >= 11 is 0. The molecule has 134 valence electrons. The summed E-state index contributed by atoms with van der Waals surface area (Å²) in [5.74, 6) is -0.739. The van der Waals surface area contributed by atoms with Crippen molar-refractivity contribution in [1.29, 1.82) is 0 Å². The van der Waals surface area contributed by atoms with Crippen molar-refractivity contribution in [3.05, 3.63) is 83.3 Å². The van der Waals surface area contributed by atoms with Crippen LogP contribution in [0.25, 0.3) is 12.2 Å². The summed E-state index contributed by atoms with van der Waals surface area (Å²) in [4.78, 5) is 21.9. The van der Waals surface area contributed by atoms with Gasteiger partial charge in [-0.25, -0.2) is 9.59 Å². The molecule has 0 aliphatic heterocycles. The Labute approximate surface area is 154 Å². The molecule has 1 aromatic carbocycles. The van der Waals surface area contributed by atoms with Crippen LogP contribution in [0.3, 0.4) is 0 Å². The van der Waals surface area contributed by atoms with Crippen LogP contribution in [0.1, 0.15) is 24.0 Å². The Hall–Kier alpha value is -3.32. The van der Waals surface area contributed by atoms with E-state index in [2.05, 4.69) is 20.9 Å². The maximum Gasteiger partial charge on any atom is 0.330 e. The predicted molar refractivity (Wildman–Crippen MR) is 103 cm³/mol. The third-order valence-electron chi connectivity index (χ3n) is 3.13. The first-order valence-electron chi connectivity index (χ1n) is 8.07. The number of methoxy groups -OCH3 is 2. The summed E-state index contributed by atoms with van der Waals surface area (Å²) in [6.45, 7) is 0. The van der Waals surface area contributed by atoms with Crippen molar-refractivity contribution in [2.45, 2.75) is 12.8 Å². The number of hydrogen-bond donors (Lipinski definition) is 0. The second-order valence-electron chi connectivity index (χ2n) is 4.98. The first-order chi connectivity index (χ1) is 12.7. The Kier molecular flexibility index (Phi) is 10.4. The van der Waals surface area contributed by atoms with Crippen molar-refractivity contribution >= 4 is 24.1 Å². The van der Waals surface area contributed by atoms with Crippen molar-refractivity contribution < 1.29 is 19.1 Å². The van der Waals surface area contributed by atoms with E-state index >= 15 is 0 Å². The molecule has 0 radical (unpaired) electrons. The van der Waals surface area contributed by atoms with Gasteiger partial charge in [-0.1, -0.05) is 36.4 Å². The van der Waals surface area contributed by atoms with Gasteiger partial charge < -0.3 is 9.47 Å². The third-order valence-corrected chi connectivity index (χ3v) is 3.13. The molecule has 0 heterocycles. The Morgan fingerprint density at radius 3 is 1.65 bits per heavy atom. The number of carbonyl (C=O) groups excluding carboxylic acids is 2. The highest BCUT2D eigenvalue weighted by Crippen LogP contribution is 2.11. The summed E-state index contributed by atoms with van der Waals surface area (Å²) in [5, 5.41) is 0. The van der Waals surface area contributed by atoms with Crippen LogP contribution < -0.4 is 0 Å². The van der Waals surface area contributed by atoms with Crippen LogP contribution in [0.15, 0.2) is 72.2 Å². The molecule has 1 rings (SSSR count). The van der Waals surface area contributed by atoms with Gasteiger partial charge in [-0.2, -0.15) is 0 Å². The molecule has 4 heteroatoms. The molecule has 0 amide bonds. The minimum absolute atomic E-state index is 0.369. The number of carbonyl (C=O) groups is 2. The molecule has 0 aliphatic rings. The topological polar surface area (TPSA) is 52.6 Å². The summed E-state index contributed by atoms with van der Waals surface area (Å²) < 4.78 is 9.02. The molecule has 0 bridgehead atoms. The van der Waals surface area contributed by atoms with Gasteiger partial charge in [0.15, 0.2) is 0 Å². The van der Waals surface area contributed by atoms with Gasteiger partial charge in [0.2, 0.25) is 0 Å². The van der Waals surface area contributed by atoms with Crippen LogP contribution in [-0.2, 0) is 19.1 Å². The van der Waals surface area contributed by atoms with Crippen molar-refractivity contribution in [2.75, 3.05) is 14.2 Å². The SMILES string of the molecule is COC(=O)/C=C/CC=C=Cc1ccccc1C=C=CC/C=C/C(=O)OC. The first kappa shape index (κ1) is 20.7. The average molecular weight is 350 g/mol. The summed E-state index contributed by atoms with van der Waals surface area (Å²) in [6, 6.07) is 7.86. The van der Waals surface area contributed by atoms with Crippen molar-refractivity contribution in [1.82, 2.24) is 0 Å². The molecule has 0 aromatic heterocycles.